The van der Waals surface area contributed by atoms with Crippen molar-refractivity contribution in [3.05, 3.63) is 48.7 Å². The second-order valence-corrected chi connectivity index (χ2v) is 5.78. The maximum absolute atomic E-state index is 6.18. The SMILES string of the molecule is COc1ccc(-c2ncc(-c3ccc4c(c3)OC(CN)O4)c(N)n2)cc1. The van der Waals surface area contributed by atoms with Gasteiger partial charge in [0.25, 0.3) is 6.29 Å². The van der Waals surface area contributed by atoms with Crippen molar-refractivity contribution in [2.75, 3.05) is 19.4 Å². The monoisotopic (exact) mass is 350 g/mol. The molecule has 7 heteroatoms. The number of rotatable bonds is 4. The standard InChI is InChI=1S/C19H18N4O3/c1-24-13-5-2-11(3-6-13)19-22-10-14(18(21)23-19)12-4-7-15-16(8-12)26-17(9-20)25-15/h2-8,10,17H,9,20H2,1H3,(H2,21,22,23). The van der Waals surface area contributed by atoms with Gasteiger partial charge in [0.1, 0.15) is 11.6 Å². The van der Waals surface area contributed by atoms with Gasteiger partial charge < -0.3 is 25.7 Å². The fourth-order valence-electron chi connectivity index (χ4n) is 2.77. The number of methoxy groups -OCH3 is 1. The highest BCUT2D eigenvalue weighted by molar-refractivity contribution is 5.76. The smallest absolute Gasteiger partial charge is 0.253 e. The Balaban J connectivity index is 1.64. The van der Waals surface area contributed by atoms with Crippen molar-refractivity contribution in [3.8, 4) is 39.8 Å². The van der Waals surface area contributed by atoms with Crippen molar-refractivity contribution in [1.82, 2.24) is 9.97 Å². The van der Waals surface area contributed by atoms with Gasteiger partial charge in [-0.2, -0.15) is 0 Å². The highest BCUT2D eigenvalue weighted by Gasteiger charge is 2.23. The fourth-order valence-corrected chi connectivity index (χ4v) is 2.77. The van der Waals surface area contributed by atoms with Gasteiger partial charge in [0, 0.05) is 17.3 Å². The Bertz CT molecular complexity index is 944. The largest absolute Gasteiger partial charge is 0.497 e. The molecule has 0 amide bonds. The Morgan fingerprint density at radius 3 is 2.46 bits per heavy atom. The van der Waals surface area contributed by atoms with Gasteiger partial charge >= 0.3 is 0 Å². The fraction of sp³-hybridized carbons (Fsp3) is 0.158. The number of nitrogen functional groups attached to an aromatic ring is 1. The van der Waals surface area contributed by atoms with Crippen LogP contribution in [0.1, 0.15) is 0 Å². The molecule has 4 rings (SSSR count). The predicted octanol–water partition coefficient (Wildman–Crippen LogP) is 2.46. The third-order valence-corrected chi connectivity index (χ3v) is 4.13. The van der Waals surface area contributed by atoms with Crippen LogP contribution in [0.2, 0.25) is 0 Å². The Morgan fingerprint density at radius 2 is 1.77 bits per heavy atom. The van der Waals surface area contributed by atoms with Gasteiger partial charge in [0.15, 0.2) is 17.3 Å². The summed E-state index contributed by atoms with van der Waals surface area (Å²) in [5.74, 6) is 3.02. The van der Waals surface area contributed by atoms with E-state index in [-0.39, 0.29) is 6.54 Å². The molecule has 0 bridgehead atoms. The zero-order valence-electron chi connectivity index (χ0n) is 14.2. The quantitative estimate of drug-likeness (QED) is 0.744. The van der Waals surface area contributed by atoms with E-state index in [0.717, 1.165) is 22.4 Å². The highest BCUT2D eigenvalue weighted by atomic mass is 16.7. The number of nitrogens with two attached hydrogens (primary N) is 2. The van der Waals surface area contributed by atoms with Crippen LogP contribution < -0.4 is 25.7 Å². The first kappa shape index (κ1) is 16.2. The molecule has 1 aliphatic heterocycles. The highest BCUT2D eigenvalue weighted by Crippen LogP contribution is 2.38. The first-order chi connectivity index (χ1) is 12.7. The molecule has 0 saturated carbocycles. The van der Waals surface area contributed by atoms with Crippen molar-refractivity contribution in [3.63, 3.8) is 0 Å². The summed E-state index contributed by atoms with van der Waals surface area (Å²) in [6.45, 7) is 0.284. The zero-order chi connectivity index (χ0) is 18.1. The molecule has 0 radical (unpaired) electrons. The third-order valence-electron chi connectivity index (χ3n) is 4.13. The molecule has 1 unspecified atom stereocenters. The molecule has 7 nitrogen and oxygen atoms in total. The van der Waals surface area contributed by atoms with Crippen molar-refractivity contribution in [1.29, 1.82) is 0 Å². The first-order valence-corrected chi connectivity index (χ1v) is 8.12. The van der Waals surface area contributed by atoms with Gasteiger partial charge in [-0.05, 0) is 42.0 Å². The molecule has 0 aliphatic carbocycles. The molecule has 4 N–H and O–H groups in total. The number of aromatic nitrogens is 2. The number of benzene rings is 2. The van der Waals surface area contributed by atoms with Crippen LogP contribution in [0.3, 0.4) is 0 Å². The summed E-state index contributed by atoms with van der Waals surface area (Å²) in [5, 5.41) is 0. The molecule has 2 heterocycles. The number of ether oxygens (including phenoxy) is 3. The van der Waals surface area contributed by atoms with E-state index < -0.39 is 6.29 Å². The lowest BCUT2D eigenvalue weighted by Gasteiger charge is -2.08. The van der Waals surface area contributed by atoms with Crippen LogP contribution in [0.25, 0.3) is 22.5 Å². The summed E-state index contributed by atoms with van der Waals surface area (Å²) >= 11 is 0. The average Bonchev–Trinajstić information content (AvgIpc) is 3.10. The molecule has 1 aromatic heterocycles. The summed E-state index contributed by atoms with van der Waals surface area (Å²) in [7, 11) is 1.62. The van der Waals surface area contributed by atoms with Crippen molar-refractivity contribution >= 4 is 5.82 Å². The summed E-state index contributed by atoms with van der Waals surface area (Å²) in [6, 6.07) is 13.1. The summed E-state index contributed by atoms with van der Waals surface area (Å²) in [4.78, 5) is 8.88. The lowest BCUT2D eigenvalue weighted by Crippen LogP contribution is -2.27. The lowest BCUT2D eigenvalue weighted by atomic mass is 10.1. The Labute approximate surface area is 150 Å². The molecule has 2 aromatic carbocycles. The molecule has 1 atom stereocenters. The van der Waals surface area contributed by atoms with Crippen LogP contribution in [-0.4, -0.2) is 29.9 Å². The van der Waals surface area contributed by atoms with Crippen molar-refractivity contribution in [2.24, 2.45) is 5.73 Å². The van der Waals surface area contributed by atoms with E-state index in [1.54, 1.807) is 13.3 Å². The Kier molecular flexibility index (Phi) is 4.06. The van der Waals surface area contributed by atoms with Crippen molar-refractivity contribution in [2.45, 2.75) is 6.29 Å². The topological polar surface area (TPSA) is 106 Å². The maximum Gasteiger partial charge on any atom is 0.253 e. The third kappa shape index (κ3) is 2.89. The minimum absolute atomic E-state index is 0.284. The summed E-state index contributed by atoms with van der Waals surface area (Å²) in [5.41, 5.74) is 14.2. The maximum atomic E-state index is 6.18. The molecule has 26 heavy (non-hydrogen) atoms. The molecule has 1 aliphatic rings. The van der Waals surface area contributed by atoms with Gasteiger partial charge in [0.05, 0.1) is 13.7 Å². The molecule has 0 fully saturated rings. The van der Waals surface area contributed by atoms with Crippen LogP contribution >= 0.6 is 0 Å². The molecular formula is C19H18N4O3. The Hall–Kier alpha value is -3.32. The molecule has 132 valence electrons. The lowest BCUT2D eigenvalue weighted by molar-refractivity contribution is 0.0581. The predicted molar refractivity (Wildman–Crippen MR) is 98.0 cm³/mol. The number of hydrogen-bond acceptors (Lipinski definition) is 7. The van der Waals surface area contributed by atoms with Crippen LogP contribution in [0, 0.1) is 0 Å². The van der Waals surface area contributed by atoms with Crippen LogP contribution in [0.4, 0.5) is 5.82 Å². The minimum Gasteiger partial charge on any atom is -0.497 e. The van der Waals surface area contributed by atoms with Gasteiger partial charge in [-0.15, -0.1) is 0 Å². The van der Waals surface area contributed by atoms with Crippen LogP contribution in [0.5, 0.6) is 17.2 Å². The first-order valence-electron chi connectivity index (χ1n) is 8.12. The number of anilines is 1. The van der Waals surface area contributed by atoms with Gasteiger partial charge in [-0.3, -0.25) is 0 Å². The number of nitrogens with zero attached hydrogens (tertiary/aromatic N) is 2. The van der Waals surface area contributed by atoms with E-state index in [2.05, 4.69) is 9.97 Å². The van der Waals surface area contributed by atoms with E-state index in [9.17, 15) is 0 Å². The van der Waals surface area contributed by atoms with Crippen molar-refractivity contribution < 1.29 is 14.2 Å². The second kappa shape index (κ2) is 6.53. The summed E-state index contributed by atoms with van der Waals surface area (Å²) in [6.07, 6.45) is 1.26. The second-order valence-electron chi connectivity index (χ2n) is 5.78. The Morgan fingerprint density at radius 1 is 1.04 bits per heavy atom. The van der Waals surface area contributed by atoms with E-state index in [1.165, 1.54) is 0 Å². The van der Waals surface area contributed by atoms with E-state index in [0.29, 0.717) is 23.1 Å². The summed E-state index contributed by atoms with van der Waals surface area (Å²) < 4.78 is 16.3. The molecule has 0 saturated heterocycles. The number of fused-ring (bicyclic) bond motifs is 1. The number of hydrogen-bond donors (Lipinski definition) is 2. The van der Waals surface area contributed by atoms with Gasteiger partial charge in [-0.1, -0.05) is 6.07 Å². The minimum atomic E-state index is -0.453. The molecular weight excluding hydrogens is 332 g/mol. The molecule has 3 aromatic rings. The van der Waals surface area contributed by atoms with E-state index >= 15 is 0 Å². The van der Waals surface area contributed by atoms with E-state index in [1.807, 2.05) is 42.5 Å². The average molecular weight is 350 g/mol. The van der Waals surface area contributed by atoms with Crippen LogP contribution in [0.15, 0.2) is 48.7 Å². The van der Waals surface area contributed by atoms with Gasteiger partial charge in [0.2, 0.25) is 0 Å². The van der Waals surface area contributed by atoms with Crippen LogP contribution in [-0.2, 0) is 0 Å². The zero-order valence-corrected chi connectivity index (χ0v) is 14.2. The normalized spacial score (nSPS) is 15.1. The van der Waals surface area contributed by atoms with Gasteiger partial charge in [-0.25, -0.2) is 9.97 Å². The molecule has 0 spiro atoms. The van der Waals surface area contributed by atoms with E-state index in [4.69, 9.17) is 25.7 Å².